The van der Waals surface area contributed by atoms with E-state index >= 15 is 0 Å². The Morgan fingerprint density at radius 3 is 2.39 bits per heavy atom. The fourth-order valence-corrected chi connectivity index (χ4v) is 2.17. The van der Waals surface area contributed by atoms with Crippen LogP contribution in [0.25, 0.3) is 0 Å². The van der Waals surface area contributed by atoms with Crippen molar-refractivity contribution >= 4 is 5.69 Å². The molecule has 0 radical (unpaired) electrons. The van der Waals surface area contributed by atoms with E-state index in [0.717, 1.165) is 11.1 Å². The lowest BCUT2D eigenvalue weighted by molar-refractivity contribution is -0.440. The van der Waals surface area contributed by atoms with Gasteiger partial charge in [-0.3, -0.25) is 10.1 Å². The molecule has 0 spiro atoms. The van der Waals surface area contributed by atoms with E-state index in [-0.39, 0.29) is 11.7 Å². The monoisotopic (exact) mass is 311 g/mol. The van der Waals surface area contributed by atoms with E-state index in [2.05, 4.69) is 17.6 Å². The van der Waals surface area contributed by atoms with Gasteiger partial charge in [0.2, 0.25) is 0 Å². The zero-order chi connectivity index (χ0) is 16.7. The molecule has 0 amide bonds. The highest BCUT2D eigenvalue weighted by atomic mass is 16.6. The Morgan fingerprint density at radius 1 is 1.13 bits per heavy atom. The number of aliphatic hydroxyl groups is 1. The van der Waals surface area contributed by atoms with Crippen molar-refractivity contribution in [1.82, 2.24) is 0 Å². The van der Waals surface area contributed by atoms with Gasteiger partial charge in [-0.15, -0.1) is 0 Å². The zero-order valence-electron chi connectivity index (χ0n) is 12.7. The first-order chi connectivity index (χ1) is 11.1. The highest BCUT2D eigenvalue weighted by molar-refractivity contribution is 5.41. The molecule has 0 saturated heterocycles. The number of quaternary nitrogens is 1. The summed E-state index contributed by atoms with van der Waals surface area (Å²) in [7, 11) is 0. The summed E-state index contributed by atoms with van der Waals surface area (Å²) in [5, 5.41) is 20.8. The molecule has 23 heavy (non-hydrogen) atoms. The maximum atomic E-state index is 10.6. The van der Waals surface area contributed by atoms with Crippen molar-refractivity contribution in [2.75, 3.05) is 0 Å². The molecule has 0 saturated carbocycles. The third-order valence-electron chi connectivity index (χ3n) is 3.54. The van der Waals surface area contributed by atoms with Crippen molar-refractivity contribution in [3.8, 4) is 11.8 Å². The molecule has 0 aliphatic rings. The Hall–Kier alpha value is -2.68. The van der Waals surface area contributed by atoms with Crippen LogP contribution in [0, 0.1) is 22.0 Å². The van der Waals surface area contributed by atoms with Gasteiger partial charge in [0, 0.05) is 30.5 Å². The summed E-state index contributed by atoms with van der Waals surface area (Å²) in [6.45, 7) is 0. The molecule has 2 atom stereocenters. The van der Waals surface area contributed by atoms with Crippen LogP contribution in [0.2, 0.25) is 0 Å². The Balaban J connectivity index is 1.86. The maximum absolute atomic E-state index is 10.6. The fourth-order valence-electron chi connectivity index (χ4n) is 2.17. The molecule has 5 heteroatoms. The SMILES string of the molecule is [NH3+][C@H](CCC#Cc1ccc([N+](=O)[O-])cc1)[C@H](O)c1ccccc1. The van der Waals surface area contributed by atoms with Gasteiger partial charge in [-0.2, -0.15) is 0 Å². The van der Waals surface area contributed by atoms with E-state index in [1.165, 1.54) is 12.1 Å². The summed E-state index contributed by atoms with van der Waals surface area (Å²) < 4.78 is 0. The Labute approximate surface area is 134 Å². The molecule has 118 valence electrons. The van der Waals surface area contributed by atoms with Gasteiger partial charge in [0.1, 0.15) is 12.1 Å². The van der Waals surface area contributed by atoms with Crippen LogP contribution in [-0.2, 0) is 0 Å². The van der Waals surface area contributed by atoms with E-state index in [1.807, 2.05) is 30.3 Å². The number of nitro groups is 1. The molecule has 2 rings (SSSR count). The van der Waals surface area contributed by atoms with Crippen molar-refractivity contribution < 1.29 is 15.8 Å². The first-order valence-electron chi connectivity index (χ1n) is 7.37. The Kier molecular flexibility index (Phi) is 5.87. The van der Waals surface area contributed by atoms with Crippen LogP contribution in [0.3, 0.4) is 0 Å². The molecular formula is C18H19N2O3+. The summed E-state index contributed by atoms with van der Waals surface area (Å²) in [6.07, 6.45) is 0.683. The van der Waals surface area contributed by atoms with Crippen molar-refractivity contribution in [3.63, 3.8) is 0 Å². The van der Waals surface area contributed by atoms with Gasteiger partial charge in [0.05, 0.1) is 4.92 Å². The number of rotatable bonds is 5. The smallest absolute Gasteiger partial charge is 0.269 e. The standard InChI is InChI=1S/C18H18N2O3/c19-17(18(21)15-7-2-1-3-8-15)9-5-4-6-14-10-12-16(13-11-14)20(22)23/h1-3,7-8,10-13,17-18,21H,5,9,19H2/p+1/t17-,18-/m1/s1. The number of benzene rings is 2. The quantitative estimate of drug-likeness (QED) is 0.503. The molecule has 0 bridgehead atoms. The number of non-ortho nitro benzene ring substituents is 1. The molecule has 5 nitrogen and oxygen atoms in total. The van der Waals surface area contributed by atoms with Crippen LogP contribution >= 0.6 is 0 Å². The molecule has 0 unspecified atom stereocenters. The van der Waals surface area contributed by atoms with Gasteiger partial charge >= 0.3 is 0 Å². The third kappa shape index (κ3) is 4.92. The predicted molar refractivity (Wildman–Crippen MR) is 87.3 cm³/mol. The van der Waals surface area contributed by atoms with Crippen LogP contribution < -0.4 is 5.73 Å². The van der Waals surface area contributed by atoms with E-state index < -0.39 is 11.0 Å². The highest BCUT2D eigenvalue weighted by Crippen LogP contribution is 2.16. The minimum atomic E-state index is -0.600. The van der Waals surface area contributed by atoms with Crippen molar-refractivity contribution in [2.24, 2.45) is 0 Å². The topological polar surface area (TPSA) is 91.0 Å². The normalized spacial score (nSPS) is 12.8. The molecule has 0 aliphatic heterocycles. The molecule has 2 aromatic carbocycles. The summed E-state index contributed by atoms with van der Waals surface area (Å²) >= 11 is 0. The Bertz CT molecular complexity index is 703. The first-order valence-corrected chi connectivity index (χ1v) is 7.37. The summed E-state index contributed by atoms with van der Waals surface area (Å²) in [6, 6.07) is 15.4. The second-order valence-corrected chi connectivity index (χ2v) is 5.26. The number of nitro benzene ring substituents is 1. The van der Waals surface area contributed by atoms with Gasteiger partial charge in [-0.25, -0.2) is 0 Å². The Morgan fingerprint density at radius 2 is 1.78 bits per heavy atom. The van der Waals surface area contributed by atoms with Crippen molar-refractivity contribution in [2.45, 2.75) is 25.0 Å². The minimum Gasteiger partial charge on any atom is -0.382 e. The van der Waals surface area contributed by atoms with Crippen molar-refractivity contribution in [3.05, 3.63) is 75.8 Å². The second-order valence-electron chi connectivity index (χ2n) is 5.26. The molecule has 0 heterocycles. The molecule has 0 aromatic heterocycles. The summed E-state index contributed by atoms with van der Waals surface area (Å²) in [5.74, 6) is 5.98. The van der Waals surface area contributed by atoms with E-state index in [4.69, 9.17) is 0 Å². The second kappa shape index (κ2) is 8.08. The highest BCUT2D eigenvalue weighted by Gasteiger charge is 2.18. The van der Waals surface area contributed by atoms with E-state index in [0.29, 0.717) is 12.8 Å². The lowest BCUT2D eigenvalue weighted by Crippen LogP contribution is -2.63. The number of hydrogen-bond acceptors (Lipinski definition) is 3. The molecular weight excluding hydrogens is 292 g/mol. The summed E-state index contributed by atoms with van der Waals surface area (Å²) in [5.41, 5.74) is 5.65. The predicted octanol–water partition coefficient (Wildman–Crippen LogP) is 2.07. The zero-order valence-corrected chi connectivity index (χ0v) is 12.7. The lowest BCUT2D eigenvalue weighted by Gasteiger charge is -2.15. The molecule has 0 aliphatic carbocycles. The van der Waals surface area contributed by atoms with Crippen LogP contribution in [0.4, 0.5) is 5.69 Å². The van der Waals surface area contributed by atoms with Gasteiger partial charge in [-0.05, 0) is 17.7 Å². The first kappa shape index (κ1) is 16.7. The molecule has 4 N–H and O–H groups in total. The molecule has 2 aromatic rings. The van der Waals surface area contributed by atoms with Crippen LogP contribution in [0.15, 0.2) is 54.6 Å². The van der Waals surface area contributed by atoms with Gasteiger partial charge in [0.25, 0.3) is 5.69 Å². The number of nitrogens with zero attached hydrogens (tertiary/aromatic N) is 1. The van der Waals surface area contributed by atoms with Crippen LogP contribution in [0.1, 0.15) is 30.1 Å². The average Bonchev–Trinajstić information content (AvgIpc) is 2.59. The van der Waals surface area contributed by atoms with E-state index in [1.54, 1.807) is 12.1 Å². The van der Waals surface area contributed by atoms with Gasteiger partial charge in [0.15, 0.2) is 0 Å². The molecule has 0 fully saturated rings. The third-order valence-corrected chi connectivity index (χ3v) is 3.54. The summed E-state index contributed by atoms with van der Waals surface area (Å²) in [4.78, 5) is 10.1. The van der Waals surface area contributed by atoms with Gasteiger partial charge in [-0.1, -0.05) is 42.2 Å². The van der Waals surface area contributed by atoms with Gasteiger partial charge < -0.3 is 10.8 Å². The van der Waals surface area contributed by atoms with Crippen LogP contribution in [-0.4, -0.2) is 16.1 Å². The van der Waals surface area contributed by atoms with E-state index in [9.17, 15) is 15.2 Å². The lowest BCUT2D eigenvalue weighted by atomic mass is 9.99. The van der Waals surface area contributed by atoms with Crippen LogP contribution in [0.5, 0.6) is 0 Å². The fraction of sp³-hybridized carbons (Fsp3) is 0.222. The minimum absolute atomic E-state index is 0.0550. The maximum Gasteiger partial charge on any atom is 0.269 e. The largest absolute Gasteiger partial charge is 0.382 e. The number of hydrogen-bond donors (Lipinski definition) is 2. The number of aliphatic hydroxyl groups excluding tert-OH is 1. The van der Waals surface area contributed by atoms with Crippen molar-refractivity contribution in [1.29, 1.82) is 0 Å². The average molecular weight is 311 g/mol.